The standard InChI is InChI=1S/C17H25N5O3/c23-13-9-18-16(24)15-8-14(19-22(15)11-13)17(25)21-6-4-20(5-7-21)10-12-2-1-3-12/h8,12-13,23H,1-7,9-11H2,(H,18,24). The van der Waals surface area contributed by atoms with Gasteiger partial charge in [0, 0.05) is 45.3 Å². The number of nitrogens with zero attached hydrogens (tertiary/aromatic N) is 4. The van der Waals surface area contributed by atoms with Crippen LogP contribution in [0, 0.1) is 5.92 Å². The number of rotatable bonds is 3. The number of hydrogen-bond acceptors (Lipinski definition) is 5. The maximum atomic E-state index is 12.7. The van der Waals surface area contributed by atoms with Crippen molar-refractivity contribution in [2.75, 3.05) is 39.3 Å². The molecule has 1 unspecified atom stereocenters. The maximum Gasteiger partial charge on any atom is 0.274 e. The zero-order valence-corrected chi connectivity index (χ0v) is 14.4. The predicted molar refractivity (Wildman–Crippen MR) is 90.3 cm³/mol. The maximum absolute atomic E-state index is 12.7. The third-order valence-electron chi connectivity index (χ3n) is 5.51. The van der Waals surface area contributed by atoms with E-state index in [1.54, 1.807) is 0 Å². The van der Waals surface area contributed by atoms with Crippen LogP contribution in [0.1, 0.15) is 40.2 Å². The third kappa shape index (κ3) is 3.41. The number of aliphatic hydroxyl groups is 1. The zero-order valence-electron chi connectivity index (χ0n) is 14.4. The van der Waals surface area contributed by atoms with Crippen molar-refractivity contribution in [2.24, 2.45) is 5.92 Å². The van der Waals surface area contributed by atoms with Gasteiger partial charge >= 0.3 is 0 Å². The van der Waals surface area contributed by atoms with E-state index in [-0.39, 0.29) is 30.6 Å². The molecular weight excluding hydrogens is 322 g/mol. The number of carbonyl (C=O) groups excluding carboxylic acids is 2. The van der Waals surface area contributed by atoms with Crippen LogP contribution in [-0.4, -0.2) is 81.9 Å². The number of aliphatic hydroxyl groups excluding tert-OH is 1. The van der Waals surface area contributed by atoms with Gasteiger partial charge in [-0.3, -0.25) is 19.2 Å². The number of amides is 2. The first-order valence-corrected chi connectivity index (χ1v) is 9.16. The van der Waals surface area contributed by atoms with Crippen LogP contribution in [0.3, 0.4) is 0 Å². The molecule has 0 aromatic carbocycles. The van der Waals surface area contributed by atoms with Gasteiger partial charge in [-0.05, 0) is 18.8 Å². The van der Waals surface area contributed by atoms with Crippen molar-refractivity contribution in [3.8, 4) is 0 Å². The number of fused-ring (bicyclic) bond motifs is 1. The fourth-order valence-electron chi connectivity index (χ4n) is 3.74. The Balaban J connectivity index is 1.39. The fourth-order valence-corrected chi connectivity index (χ4v) is 3.74. The molecule has 25 heavy (non-hydrogen) atoms. The SMILES string of the molecule is O=C1NCC(O)Cn2nc(C(=O)N3CCN(CC4CCC4)CC3)cc21. The average molecular weight is 347 g/mol. The molecule has 1 aromatic heterocycles. The summed E-state index contributed by atoms with van der Waals surface area (Å²) in [5.74, 6) is 0.413. The van der Waals surface area contributed by atoms with E-state index < -0.39 is 6.10 Å². The van der Waals surface area contributed by atoms with Crippen molar-refractivity contribution in [1.29, 1.82) is 0 Å². The molecule has 8 nitrogen and oxygen atoms in total. The number of piperazine rings is 1. The fraction of sp³-hybridized carbons (Fsp3) is 0.706. The molecule has 2 amide bonds. The Kier molecular flexibility index (Phi) is 4.47. The normalized spacial score (nSPS) is 25.1. The summed E-state index contributed by atoms with van der Waals surface area (Å²) in [4.78, 5) is 29.0. The van der Waals surface area contributed by atoms with Crippen LogP contribution in [0.2, 0.25) is 0 Å². The van der Waals surface area contributed by atoms with Crippen LogP contribution < -0.4 is 5.32 Å². The molecule has 3 heterocycles. The lowest BCUT2D eigenvalue weighted by Gasteiger charge is -2.38. The van der Waals surface area contributed by atoms with E-state index in [1.807, 2.05) is 4.90 Å². The summed E-state index contributed by atoms with van der Waals surface area (Å²) in [7, 11) is 0. The number of aromatic nitrogens is 2. The van der Waals surface area contributed by atoms with Gasteiger partial charge < -0.3 is 15.3 Å². The quantitative estimate of drug-likeness (QED) is 0.773. The molecule has 1 atom stereocenters. The van der Waals surface area contributed by atoms with Crippen molar-refractivity contribution in [3.05, 3.63) is 17.5 Å². The first-order chi connectivity index (χ1) is 12.1. The molecule has 8 heteroatoms. The van der Waals surface area contributed by atoms with Crippen molar-refractivity contribution in [1.82, 2.24) is 24.9 Å². The minimum atomic E-state index is -0.692. The zero-order chi connectivity index (χ0) is 17.4. The summed E-state index contributed by atoms with van der Waals surface area (Å²) in [5, 5.41) is 16.7. The monoisotopic (exact) mass is 347 g/mol. The van der Waals surface area contributed by atoms with Gasteiger partial charge in [0.1, 0.15) is 5.69 Å². The van der Waals surface area contributed by atoms with Crippen LogP contribution in [-0.2, 0) is 6.54 Å². The van der Waals surface area contributed by atoms with Crippen LogP contribution >= 0.6 is 0 Å². The summed E-state index contributed by atoms with van der Waals surface area (Å²) < 4.78 is 1.44. The van der Waals surface area contributed by atoms with Gasteiger partial charge in [0.15, 0.2) is 5.69 Å². The number of β-amino-alcohol motifs (C(OH)–C–C–N with tert-alkyl or cyclic N) is 1. The van der Waals surface area contributed by atoms with Gasteiger partial charge in [-0.15, -0.1) is 0 Å². The lowest BCUT2D eigenvalue weighted by Crippen LogP contribution is -2.50. The Bertz CT molecular complexity index is 661. The molecule has 3 aliphatic rings. The van der Waals surface area contributed by atoms with E-state index in [2.05, 4.69) is 15.3 Å². The molecule has 136 valence electrons. The summed E-state index contributed by atoms with van der Waals surface area (Å²) in [6, 6.07) is 1.54. The third-order valence-corrected chi connectivity index (χ3v) is 5.51. The highest BCUT2D eigenvalue weighted by Crippen LogP contribution is 2.27. The van der Waals surface area contributed by atoms with Crippen LogP contribution in [0.25, 0.3) is 0 Å². The molecule has 0 bridgehead atoms. The number of nitrogens with one attached hydrogen (secondary N) is 1. The van der Waals surface area contributed by atoms with Crippen LogP contribution in [0.4, 0.5) is 0 Å². The Morgan fingerprint density at radius 2 is 2.04 bits per heavy atom. The van der Waals surface area contributed by atoms with Crippen LogP contribution in [0.15, 0.2) is 6.07 Å². The van der Waals surface area contributed by atoms with Crippen LogP contribution in [0.5, 0.6) is 0 Å². The Morgan fingerprint density at radius 1 is 1.28 bits per heavy atom. The summed E-state index contributed by atoms with van der Waals surface area (Å²) in [5.41, 5.74) is 0.621. The minimum absolute atomic E-state index is 0.133. The molecule has 0 spiro atoms. The molecule has 1 aliphatic carbocycles. The topological polar surface area (TPSA) is 90.7 Å². The summed E-state index contributed by atoms with van der Waals surface area (Å²) in [6.07, 6.45) is 3.35. The lowest BCUT2D eigenvalue weighted by molar-refractivity contribution is 0.0583. The molecular formula is C17H25N5O3. The number of hydrogen-bond donors (Lipinski definition) is 2. The van der Waals surface area contributed by atoms with Gasteiger partial charge in [-0.2, -0.15) is 5.10 Å². The molecule has 2 N–H and O–H groups in total. The van der Waals surface area contributed by atoms with E-state index in [0.717, 1.165) is 25.6 Å². The molecule has 1 saturated carbocycles. The second-order valence-electron chi connectivity index (χ2n) is 7.35. The highest BCUT2D eigenvalue weighted by Gasteiger charge is 2.29. The lowest BCUT2D eigenvalue weighted by atomic mass is 9.85. The van der Waals surface area contributed by atoms with Gasteiger partial charge in [0.25, 0.3) is 11.8 Å². The van der Waals surface area contributed by atoms with E-state index in [0.29, 0.717) is 18.8 Å². The molecule has 1 aromatic rings. The van der Waals surface area contributed by atoms with Gasteiger partial charge in [0.05, 0.1) is 12.6 Å². The van der Waals surface area contributed by atoms with E-state index in [4.69, 9.17) is 0 Å². The first kappa shape index (κ1) is 16.5. The molecule has 1 saturated heterocycles. The van der Waals surface area contributed by atoms with Crippen molar-refractivity contribution >= 4 is 11.8 Å². The largest absolute Gasteiger partial charge is 0.389 e. The second kappa shape index (κ2) is 6.76. The van der Waals surface area contributed by atoms with E-state index in [1.165, 1.54) is 30.0 Å². The van der Waals surface area contributed by atoms with E-state index in [9.17, 15) is 14.7 Å². The minimum Gasteiger partial charge on any atom is -0.389 e. The Morgan fingerprint density at radius 3 is 2.72 bits per heavy atom. The van der Waals surface area contributed by atoms with Gasteiger partial charge in [-0.1, -0.05) is 6.42 Å². The van der Waals surface area contributed by atoms with Crippen molar-refractivity contribution < 1.29 is 14.7 Å². The predicted octanol–water partition coefficient (Wildman–Crippen LogP) is -0.455. The summed E-state index contributed by atoms with van der Waals surface area (Å²) in [6.45, 7) is 4.76. The summed E-state index contributed by atoms with van der Waals surface area (Å²) >= 11 is 0. The molecule has 2 fully saturated rings. The van der Waals surface area contributed by atoms with Crippen molar-refractivity contribution in [3.63, 3.8) is 0 Å². The highest BCUT2D eigenvalue weighted by atomic mass is 16.3. The Hall–Kier alpha value is -1.93. The number of carbonyl (C=O) groups is 2. The van der Waals surface area contributed by atoms with E-state index >= 15 is 0 Å². The van der Waals surface area contributed by atoms with Gasteiger partial charge in [0.2, 0.25) is 0 Å². The van der Waals surface area contributed by atoms with Crippen molar-refractivity contribution in [2.45, 2.75) is 31.9 Å². The first-order valence-electron chi connectivity index (χ1n) is 9.16. The molecule has 0 radical (unpaired) electrons. The Labute approximate surface area is 146 Å². The second-order valence-corrected chi connectivity index (χ2v) is 7.35. The smallest absolute Gasteiger partial charge is 0.274 e. The van der Waals surface area contributed by atoms with Gasteiger partial charge in [-0.25, -0.2) is 0 Å². The highest BCUT2D eigenvalue weighted by molar-refractivity contribution is 5.98. The molecule has 2 aliphatic heterocycles. The average Bonchev–Trinajstić information content (AvgIpc) is 2.94. The molecule has 4 rings (SSSR count).